The second-order valence-electron chi connectivity index (χ2n) is 4.61. The Hall–Kier alpha value is -1.81. The molecule has 1 aliphatic rings. The van der Waals surface area contributed by atoms with Crippen LogP contribution in [0.1, 0.15) is 31.7 Å². The molecule has 19 heavy (non-hydrogen) atoms. The molecule has 4 nitrogen and oxygen atoms in total. The average Bonchev–Trinajstić information content (AvgIpc) is 2.43. The molecule has 0 spiro atoms. The van der Waals surface area contributed by atoms with Gasteiger partial charge in [0.1, 0.15) is 0 Å². The van der Waals surface area contributed by atoms with E-state index in [9.17, 15) is 4.79 Å². The summed E-state index contributed by atoms with van der Waals surface area (Å²) in [5, 5.41) is 10.8. The maximum atomic E-state index is 11.1. The van der Waals surface area contributed by atoms with Gasteiger partial charge in [0.15, 0.2) is 0 Å². The van der Waals surface area contributed by atoms with E-state index in [2.05, 4.69) is 6.92 Å². The molecule has 1 aromatic carbocycles. The Morgan fingerprint density at radius 2 is 2.16 bits per heavy atom. The van der Waals surface area contributed by atoms with Crippen molar-refractivity contribution in [2.75, 3.05) is 18.2 Å². The van der Waals surface area contributed by atoms with Gasteiger partial charge in [-0.2, -0.15) is 0 Å². The Morgan fingerprint density at radius 3 is 2.89 bits per heavy atom. The molecule has 102 valence electrons. The number of fused-ring (bicyclic) bond motifs is 1. The Labute approximate surface area is 113 Å². The van der Waals surface area contributed by atoms with Gasteiger partial charge < -0.3 is 5.11 Å². The van der Waals surface area contributed by atoms with Gasteiger partial charge in [-0.25, -0.2) is 9.86 Å². The number of unbranched alkanes of at least 4 members (excludes halogenated alkanes) is 2. The monoisotopic (exact) mass is 261 g/mol. The van der Waals surface area contributed by atoms with E-state index in [1.165, 1.54) is 0 Å². The summed E-state index contributed by atoms with van der Waals surface area (Å²) in [5.41, 5.74) is 2.18. The molecule has 0 aromatic heterocycles. The number of aliphatic carboxylic acids is 1. The summed E-state index contributed by atoms with van der Waals surface area (Å²) in [5.74, 6) is -0.892. The highest BCUT2D eigenvalue weighted by Gasteiger charge is 2.21. The molecule has 0 atom stereocenters. The van der Waals surface area contributed by atoms with Crippen molar-refractivity contribution >= 4 is 17.7 Å². The van der Waals surface area contributed by atoms with Crippen molar-refractivity contribution in [3.63, 3.8) is 0 Å². The zero-order valence-electron chi connectivity index (χ0n) is 11.1. The standard InChI is InChI=1S/C15H19NO3/c1-2-3-6-9-19-16-11-13(15(17)18)10-12-7-4-5-8-14(12)16/h4-5,7-8,10H,2-3,6,9,11H2,1H3,(H,17,18). The lowest BCUT2D eigenvalue weighted by atomic mass is 10.0. The Morgan fingerprint density at radius 1 is 1.37 bits per heavy atom. The van der Waals surface area contributed by atoms with E-state index in [-0.39, 0.29) is 0 Å². The summed E-state index contributed by atoms with van der Waals surface area (Å²) < 4.78 is 0. The van der Waals surface area contributed by atoms with Crippen LogP contribution < -0.4 is 5.06 Å². The molecule has 0 amide bonds. The number of rotatable bonds is 6. The lowest BCUT2D eigenvalue weighted by molar-refractivity contribution is -0.132. The quantitative estimate of drug-likeness (QED) is 0.799. The smallest absolute Gasteiger partial charge is 0.333 e. The highest BCUT2D eigenvalue weighted by atomic mass is 16.7. The summed E-state index contributed by atoms with van der Waals surface area (Å²) in [6, 6.07) is 7.68. The maximum Gasteiger partial charge on any atom is 0.333 e. The lowest BCUT2D eigenvalue weighted by Gasteiger charge is -2.29. The van der Waals surface area contributed by atoms with Crippen LogP contribution in [0.4, 0.5) is 5.69 Å². The Kier molecular flexibility index (Phi) is 4.58. The normalized spacial score (nSPS) is 13.9. The highest BCUT2D eigenvalue weighted by molar-refractivity contribution is 5.96. The van der Waals surface area contributed by atoms with E-state index in [1.807, 2.05) is 24.3 Å². The van der Waals surface area contributed by atoms with Crippen molar-refractivity contribution in [1.82, 2.24) is 0 Å². The first-order valence-electron chi connectivity index (χ1n) is 6.65. The largest absolute Gasteiger partial charge is 0.478 e. The van der Waals surface area contributed by atoms with Gasteiger partial charge in [-0.1, -0.05) is 38.0 Å². The summed E-state index contributed by atoms with van der Waals surface area (Å²) in [6.45, 7) is 3.05. The SMILES string of the molecule is CCCCCON1CC(C(=O)O)=Cc2ccccc21. The van der Waals surface area contributed by atoms with Gasteiger partial charge in [0, 0.05) is 5.56 Å². The van der Waals surface area contributed by atoms with Crippen molar-refractivity contribution < 1.29 is 14.7 Å². The van der Waals surface area contributed by atoms with E-state index in [0.29, 0.717) is 18.7 Å². The molecule has 0 aliphatic carbocycles. The van der Waals surface area contributed by atoms with Crippen molar-refractivity contribution in [2.45, 2.75) is 26.2 Å². The predicted octanol–water partition coefficient (Wildman–Crippen LogP) is 3.10. The fraction of sp³-hybridized carbons (Fsp3) is 0.400. The molecule has 1 heterocycles. The fourth-order valence-corrected chi connectivity index (χ4v) is 2.08. The molecule has 0 radical (unpaired) electrons. The molecule has 0 saturated carbocycles. The summed E-state index contributed by atoms with van der Waals surface area (Å²) in [4.78, 5) is 16.9. The molecule has 0 unspecified atom stereocenters. The van der Waals surface area contributed by atoms with Gasteiger partial charge in [0.2, 0.25) is 0 Å². The number of carbonyl (C=O) groups is 1. The number of carboxylic acids is 1. The second-order valence-corrected chi connectivity index (χ2v) is 4.61. The first kappa shape index (κ1) is 13.6. The first-order chi connectivity index (χ1) is 9.22. The van der Waals surface area contributed by atoms with Crippen molar-refractivity contribution in [1.29, 1.82) is 0 Å². The minimum atomic E-state index is -0.892. The van der Waals surface area contributed by atoms with E-state index < -0.39 is 5.97 Å². The summed E-state index contributed by atoms with van der Waals surface area (Å²) in [7, 11) is 0. The molecule has 0 bridgehead atoms. The number of anilines is 1. The molecule has 4 heteroatoms. The molecule has 1 aromatic rings. The number of hydroxylamine groups is 1. The highest BCUT2D eigenvalue weighted by Crippen LogP contribution is 2.28. The van der Waals surface area contributed by atoms with Crippen LogP contribution in [0.2, 0.25) is 0 Å². The third-order valence-corrected chi connectivity index (χ3v) is 3.12. The van der Waals surface area contributed by atoms with Crippen LogP contribution in [-0.2, 0) is 9.63 Å². The van der Waals surface area contributed by atoms with Crippen LogP contribution >= 0.6 is 0 Å². The van der Waals surface area contributed by atoms with Gasteiger partial charge >= 0.3 is 5.97 Å². The molecule has 2 rings (SSSR count). The Bertz CT molecular complexity index is 482. The van der Waals surface area contributed by atoms with Crippen LogP contribution in [0.15, 0.2) is 29.8 Å². The number of para-hydroxylation sites is 1. The number of nitrogens with zero attached hydrogens (tertiary/aromatic N) is 1. The van der Waals surface area contributed by atoms with Crippen LogP contribution in [-0.4, -0.2) is 24.2 Å². The Balaban J connectivity index is 2.12. The predicted molar refractivity (Wildman–Crippen MR) is 74.9 cm³/mol. The van der Waals surface area contributed by atoms with E-state index in [1.54, 1.807) is 11.1 Å². The van der Waals surface area contributed by atoms with Gasteiger partial charge in [0.25, 0.3) is 0 Å². The maximum absolute atomic E-state index is 11.1. The summed E-state index contributed by atoms with van der Waals surface area (Å²) in [6.07, 6.45) is 4.96. The van der Waals surface area contributed by atoms with Crippen LogP contribution in [0.5, 0.6) is 0 Å². The van der Waals surface area contributed by atoms with Crippen LogP contribution in [0.25, 0.3) is 6.08 Å². The molecule has 0 fully saturated rings. The van der Waals surface area contributed by atoms with E-state index in [4.69, 9.17) is 9.94 Å². The topological polar surface area (TPSA) is 49.8 Å². The van der Waals surface area contributed by atoms with Gasteiger partial charge in [-0.3, -0.25) is 4.84 Å². The van der Waals surface area contributed by atoms with Crippen molar-refractivity contribution in [2.24, 2.45) is 0 Å². The zero-order valence-corrected chi connectivity index (χ0v) is 11.1. The molecular formula is C15H19NO3. The van der Waals surface area contributed by atoms with Crippen LogP contribution in [0.3, 0.4) is 0 Å². The molecular weight excluding hydrogens is 242 g/mol. The number of hydrogen-bond donors (Lipinski definition) is 1. The number of carboxylic acid groups (broad SMARTS) is 1. The zero-order chi connectivity index (χ0) is 13.7. The average molecular weight is 261 g/mol. The fourth-order valence-electron chi connectivity index (χ4n) is 2.08. The number of hydrogen-bond acceptors (Lipinski definition) is 3. The molecule has 1 aliphatic heterocycles. The summed E-state index contributed by atoms with van der Waals surface area (Å²) >= 11 is 0. The minimum Gasteiger partial charge on any atom is -0.478 e. The molecule has 0 saturated heterocycles. The molecule has 1 N–H and O–H groups in total. The van der Waals surface area contributed by atoms with E-state index >= 15 is 0 Å². The van der Waals surface area contributed by atoms with Gasteiger partial charge in [-0.05, 0) is 18.6 Å². The van der Waals surface area contributed by atoms with Crippen molar-refractivity contribution in [3.05, 3.63) is 35.4 Å². The minimum absolute atomic E-state index is 0.290. The van der Waals surface area contributed by atoms with Crippen molar-refractivity contribution in [3.8, 4) is 0 Å². The third kappa shape index (κ3) is 3.35. The lowest BCUT2D eigenvalue weighted by Crippen LogP contribution is -2.31. The number of benzene rings is 1. The second kappa shape index (κ2) is 6.38. The van der Waals surface area contributed by atoms with E-state index in [0.717, 1.165) is 30.5 Å². The third-order valence-electron chi connectivity index (χ3n) is 3.12. The van der Waals surface area contributed by atoms with Gasteiger partial charge in [0.05, 0.1) is 24.4 Å². The van der Waals surface area contributed by atoms with Gasteiger partial charge in [-0.15, -0.1) is 0 Å². The van der Waals surface area contributed by atoms with Crippen LogP contribution in [0, 0.1) is 0 Å². The first-order valence-corrected chi connectivity index (χ1v) is 6.65.